The van der Waals surface area contributed by atoms with Gasteiger partial charge in [-0.25, -0.2) is 4.79 Å². The maximum Gasteiger partial charge on any atom is 0.323 e. The van der Waals surface area contributed by atoms with Crippen molar-refractivity contribution in [3.63, 3.8) is 0 Å². The first kappa shape index (κ1) is 13.5. The number of aryl methyl sites for hydroxylation is 2. The van der Waals surface area contributed by atoms with Gasteiger partial charge in [-0.15, -0.1) is 0 Å². The molecule has 1 heterocycles. The first-order valence-corrected chi connectivity index (χ1v) is 6.60. The molecule has 2 aromatic rings. The molecule has 1 aromatic heterocycles. The van der Waals surface area contributed by atoms with Crippen LogP contribution in [0, 0.1) is 13.8 Å². The van der Waals surface area contributed by atoms with Crippen LogP contribution in [0.4, 0.5) is 16.2 Å². The molecule has 98 valence electrons. The van der Waals surface area contributed by atoms with Gasteiger partial charge in [0.1, 0.15) is 0 Å². The quantitative estimate of drug-likeness (QED) is 0.875. The number of anilines is 2. The summed E-state index contributed by atoms with van der Waals surface area (Å²) in [5, 5.41) is 5.62. The van der Waals surface area contributed by atoms with Crippen LogP contribution in [0.1, 0.15) is 11.1 Å². The summed E-state index contributed by atoms with van der Waals surface area (Å²) in [5.41, 5.74) is 3.56. The van der Waals surface area contributed by atoms with Crippen LogP contribution in [-0.4, -0.2) is 11.0 Å². The van der Waals surface area contributed by atoms with Crippen molar-refractivity contribution in [2.75, 3.05) is 10.6 Å². The Morgan fingerprint density at radius 1 is 1.11 bits per heavy atom. The number of nitrogens with zero attached hydrogens (tertiary/aromatic N) is 1. The summed E-state index contributed by atoms with van der Waals surface area (Å²) in [7, 11) is 0. The maximum absolute atomic E-state index is 11.9. The number of amides is 2. The number of hydrogen-bond acceptors (Lipinski definition) is 2. The minimum atomic E-state index is -0.264. The summed E-state index contributed by atoms with van der Waals surface area (Å²) >= 11 is 3.43. The number of pyridine rings is 1. The third kappa shape index (κ3) is 3.54. The molecule has 0 fully saturated rings. The molecule has 1 aromatic carbocycles. The zero-order valence-electron chi connectivity index (χ0n) is 10.7. The molecule has 19 heavy (non-hydrogen) atoms. The highest BCUT2D eigenvalue weighted by atomic mass is 79.9. The topological polar surface area (TPSA) is 54.0 Å². The Kier molecular flexibility index (Phi) is 4.16. The van der Waals surface area contributed by atoms with Gasteiger partial charge in [-0.1, -0.05) is 15.9 Å². The van der Waals surface area contributed by atoms with Crippen LogP contribution in [0.2, 0.25) is 0 Å². The average Bonchev–Trinajstić information content (AvgIpc) is 2.35. The van der Waals surface area contributed by atoms with Crippen molar-refractivity contribution in [1.82, 2.24) is 4.98 Å². The van der Waals surface area contributed by atoms with Crippen LogP contribution in [0.3, 0.4) is 0 Å². The molecule has 0 radical (unpaired) electrons. The van der Waals surface area contributed by atoms with Crippen molar-refractivity contribution in [3.8, 4) is 0 Å². The number of carbonyl (C=O) groups excluding carboxylic acids is 1. The fraction of sp³-hybridized carbons (Fsp3) is 0.143. The lowest BCUT2D eigenvalue weighted by Crippen LogP contribution is -2.20. The van der Waals surface area contributed by atoms with E-state index in [1.165, 1.54) is 0 Å². The van der Waals surface area contributed by atoms with Crippen molar-refractivity contribution >= 4 is 33.3 Å². The SMILES string of the molecule is Cc1cc(Br)cc(C)c1NC(=O)Nc1ccncc1. The van der Waals surface area contributed by atoms with Crippen molar-refractivity contribution in [3.05, 3.63) is 52.3 Å². The van der Waals surface area contributed by atoms with Gasteiger partial charge >= 0.3 is 6.03 Å². The molecule has 0 aliphatic heterocycles. The average molecular weight is 320 g/mol. The van der Waals surface area contributed by atoms with E-state index in [1.54, 1.807) is 24.5 Å². The van der Waals surface area contributed by atoms with Crippen LogP contribution in [-0.2, 0) is 0 Å². The highest BCUT2D eigenvalue weighted by Crippen LogP contribution is 2.25. The van der Waals surface area contributed by atoms with Gasteiger partial charge in [-0.3, -0.25) is 4.98 Å². The molecule has 0 unspecified atom stereocenters. The predicted molar refractivity (Wildman–Crippen MR) is 80.5 cm³/mol. The summed E-state index contributed by atoms with van der Waals surface area (Å²) in [5.74, 6) is 0. The molecule has 0 saturated heterocycles. The molecule has 2 rings (SSSR count). The molecule has 0 spiro atoms. The van der Waals surface area contributed by atoms with E-state index in [2.05, 4.69) is 31.5 Å². The monoisotopic (exact) mass is 319 g/mol. The summed E-state index contributed by atoms with van der Waals surface area (Å²) in [6.45, 7) is 3.92. The zero-order chi connectivity index (χ0) is 13.8. The number of halogens is 1. The van der Waals surface area contributed by atoms with Crippen LogP contribution >= 0.6 is 15.9 Å². The minimum Gasteiger partial charge on any atom is -0.308 e. The highest BCUT2D eigenvalue weighted by Gasteiger charge is 2.08. The molecular formula is C14H14BrN3O. The van der Waals surface area contributed by atoms with Gasteiger partial charge in [0.15, 0.2) is 0 Å². The van der Waals surface area contributed by atoms with E-state index in [4.69, 9.17) is 0 Å². The predicted octanol–water partition coefficient (Wildman–Crippen LogP) is 4.10. The maximum atomic E-state index is 11.9. The molecule has 0 aliphatic rings. The third-order valence-corrected chi connectivity index (χ3v) is 3.13. The van der Waals surface area contributed by atoms with E-state index in [-0.39, 0.29) is 6.03 Å². The second-order valence-electron chi connectivity index (χ2n) is 4.23. The van der Waals surface area contributed by atoms with E-state index < -0.39 is 0 Å². The highest BCUT2D eigenvalue weighted by molar-refractivity contribution is 9.10. The number of nitrogens with one attached hydrogen (secondary N) is 2. The second kappa shape index (κ2) is 5.84. The number of hydrogen-bond donors (Lipinski definition) is 2. The Labute approximate surface area is 120 Å². The van der Waals surface area contributed by atoms with Gasteiger partial charge in [0.2, 0.25) is 0 Å². The van der Waals surface area contributed by atoms with E-state index in [9.17, 15) is 4.79 Å². The first-order chi connectivity index (χ1) is 9.06. The second-order valence-corrected chi connectivity index (χ2v) is 5.15. The van der Waals surface area contributed by atoms with Crippen molar-refractivity contribution in [2.24, 2.45) is 0 Å². The van der Waals surface area contributed by atoms with Crippen LogP contribution in [0.5, 0.6) is 0 Å². The molecule has 5 heteroatoms. The normalized spacial score (nSPS) is 10.1. The van der Waals surface area contributed by atoms with Gasteiger partial charge in [-0.05, 0) is 49.2 Å². The number of aromatic nitrogens is 1. The Morgan fingerprint density at radius 2 is 1.68 bits per heavy atom. The van der Waals surface area contributed by atoms with E-state index in [0.717, 1.165) is 21.3 Å². The third-order valence-electron chi connectivity index (χ3n) is 2.67. The van der Waals surface area contributed by atoms with Gasteiger partial charge in [0.05, 0.1) is 0 Å². The van der Waals surface area contributed by atoms with E-state index >= 15 is 0 Å². The largest absolute Gasteiger partial charge is 0.323 e. The number of rotatable bonds is 2. The summed E-state index contributed by atoms with van der Waals surface area (Å²) in [6, 6.07) is 7.14. The molecule has 4 nitrogen and oxygen atoms in total. The van der Waals surface area contributed by atoms with Gasteiger partial charge in [-0.2, -0.15) is 0 Å². The number of carbonyl (C=O) groups is 1. The Morgan fingerprint density at radius 3 is 2.26 bits per heavy atom. The fourth-order valence-corrected chi connectivity index (χ4v) is 2.51. The molecule has 0 aliphatic carbocycles. The van der Waals surface area contributed by atoms with E-state index in [1.807, 2.05) is 26.0 Å². The van der Waals surface area contributed by atoms with Crippen LogP contribution in [0.15, 0.2) is 41.1 Å². The molecule has 0 saturated carbocycles. The first-order valence-electron chi connectivity index (χ1n) is 5.81. The van der Waals surface area contributed by atoms with Gasteiger partial charge in [0, 0.05) is 28.2 Å². The summed E-state index contributed by atoms with van der Waals surface area (Å²) < 4.78 is 1.00. The Bertz CT molecular complexity index is 576. The van der Waals surface area contributed by atoms with Crippen LogP contribution in [0.25, 0.3) is 0 Å². The molecule has 2 amide bonds. The molecule has 0 bridgehead atoms. The lowest BCUT2D eigenvalue weighted by molar-refractivity contribution is 0.262. The molecular weight excluding hydrogens is 306 g/mol. The molecule has 2 N–H and O–H groups in total. The van der Waals surface area contributed by atoms with Crippen molar-refractivity contribution in [2.45, 2.75) is 13.8 Å². The van der Waals surface area contributed by atoms with Crippen molar-refractivity contribution in [1.29, 1.82) is 0 Å². The minimum absolute atomic E-state index is 0.264. The Hall–Kier alpha value is -1.88. The molecule has 0 atom stereocenters. The number of urea groups is 1. The summed E-state index contributed by atoms with van der Waals surface area (Å²) in [4.78, 5) is 15.8. The van der Waals surface area contributed by atoms with Crippen molar-refractivity contribution < 1.29 is 4.79 Å². The van der Waals surface area contributed by atoms with Gasteiger partial charge in [0.25, 0.3) is 0 Å². The fourth-order valence-electron chi connectivity index (χ4n) is 1.82. The zero-order valence-corrected chi connectivity index (χ0v) is 12.3. The van der Waals surface area contributed by atoms with Gasteiger partial charge < -0.3 is 10.6 Å². The number of benzene rings is 1. The van der Waals surface area contributed by atoms with Crippen LogP contribution < -0.4 is 10.6 Å². The Balaban J connectivity index is 2.12. The standard InChI is InChI=1S/C14H14BrN3O/c1-9-7-11(15)8-10(2)13(9)18-14(19)17-12-3-5-16-6-4-12/h3-8H,1-2H3,(H2,16,17,18,19). The smallest absolute Gasteiger partial charge is 0.308 e. The van der Waals surface area contributed by atoms with E-state index in [0.29, 0.717) is 5.69 Å². The summed E-state index contributed by atoms with van der Waals surface area (Å²) in [6.07, 6.45) is 3.26. The lowest BCUT2D eigenvalue weighted by atomic mass is 10.1. The lowest BCUT2D eigenvalue weighted by Gasteiger charge is -2.13.